The number of rotatable bonds is 6. The summed E-state index contributed by atoms with van der Waals surface area (Å²) in [5.41, 5.74) is 0.243. The number of nitrogens with one attached hydrogen (secondary N) is 1. The fourth-order valence-electron chi connectivity index (χ4n) is 2.85. The second-order valence-corrected chi connectivity index (χ2v) is 9.68. The topological polar surface area (TPSA) is 92.8 Å². The second-order valence-electron chi connectivity index (χ2n) is 7.74. The lowest BCUT2D eigenvalue weighted by molar-refractivity contribution is -0.148. The van der Waals surface area contributed by atoms with E-state index >= 15 is 0 Å². The van der Waals surface area contributed by atoms with Gasteiger partial charge in [-0.15, -0.1) is 0 Å². The molecule has 27 heavy (non-hydrogen) atoms. The van der Waals surface area contributed by atoms with Crippen LogP contribution in [0.25, 0.3) is 0 Å². The first-order valence-corrected chi connectivity index (χ1v) is 10.6. The van der Waals surface area contributed by atoms with Crippen LogP contribution in [-0.2, 0) is 30.8 Å². The Kier molecular flexibility index (Phi) is 7.00. The molecule has 150 valence electrons. The fourth-order valence-corrected chi connectivity index (χ4v) is 4.37. The van der Waals surface area contributed by atoms with Crippen molar-refractivity contribution in [2.24, 2.45) is 0 Å². The van der Waals surface area contributed by atoms with Crippen LogP contribution in [0, 0.1) is 0 Å². The van der Waals surface area contributed by atoms with E-state index in [0.29, 0.717) is 18.7 Å². The molecule has 1 N–H and O–H groups in total. The van der Waals surface area contributed by atoms with E-state index in [1.807, 2.05) is 20.8 Å². The van der Waals surface area contributed by atoms with Gasteiger partial charge in [0.1, 0.15) is 0 Å². The monoisotopic (exact) mass is 396 g/mol. The van der Waals surface area contributed by atoms with Gasteiger partial charge in [-0.2, -0.15) is 4.31 Å². The molecule has 7 nitrogen and oxygen atoms in total. The molecule has 0 aromatic heterocycles. The molecule has 0 saturated carbocycles. The zero-order valence-corrected chi connectivity index (χ0v) is 17.0. The summed E-state index contributed by atoms with van der Waals surface area (Å²) in [4.78, 5) is 23.8. The van der Waals surface area contributed by atoms with Crippen molar-refractivity contribution in [3.05, 3.63) is 29.8 Å². The Hall–Kier alpha value is -1.93. The predicted molar refractivity (Wildman–Crippen MR) is 102 cm³/mol. The summed E-state index contributed by atoms with van der Waals surface area (Å²) in [6.07, 6.45) is 2.80. The summed E-state index contributed by atoms with van der Waals surface area (Å²) < 4.78 is 31.7. The number of sulfonamides is 1. The number of carbonyl (C=O) groups is 2. The van der Waals surface area contributed by atoms with E-state index < -0.39 is 16.0 Å². The molecule has 1 fully saturated rings. The van der Waals surface area contributed by atoms with Crippen LogP contribution in [0.15, 0.2) is 29.2 Å². The highest BCUT2D eigenvalue weighted by Gasteiger charge is 2.25. The fraction of sp³-hybridized carbons (Fsp3) is 0.579. The Morgan fingerprint density at radius 2 is 1.67 bits per heavy atom. The Morgan fingerprint density at radius 1 is 1.07 bits per heavy atom. The van der Waals surface area contributed by atoms with E-state index in [2.05, 4.69) is 5.32 Å². The summed E-state index contributed by atoms with van der Waals surface area (Å²) in [5, 5.41) is 2.71. The Morgan fingerprint density at radius 3 is 2.22 bits per heavy atom. The van der Waals surface area contributed by atoms with Gasteiger partial charge in [0.2, 0.25) is 10.0 Å². The number of hydrogen-bond donors (Lipinski definition) is 1. The molecule has 1 saturated heterocycles. The number of carbonyl (C=O) groups excluding carboxylic acids is 2. The van der Waals surface area contributed by atoms with Crippen molar-refractivity contribution in [2.75, 3.05) is 19.7 Å². The number of piperidine rings is 1. The Labute approximate surface area is 161 Å². The zero-order valence-electron chi connectivity index (χ0n) is 16.2. The van der Waals surface area contributed by atoms with Crippen LogP contribution in [0.3, 0.4) is 0 Å². The van der Waals surface area contributed by atoms with Gasteiger partial charge in [-0.25, -0.2) is 8.42 Å². The van der Waals surface area contributed by atoms with Crippen LogP contribution >= 0.6 is 0 Å². The van der Waals surface area contributed by atoms with Crippen molar-refractivity contribution in [2.45, 2.75) is 56.9 Å². The summed E-state index contributed by atoms with van der Waals surface area (Å²) in [6.45, 7) is 6.28. The molecule has 8 heteroatoms. The number of amides is 1. The van der Waals surface area contributed by atoms with Gasteiger partial charge >= 0.3 is 5.97 Å². The SMILES string of the molecule is CC(C)(C)NC(=O)COC(=O)Cc1ccc(S(=O)(=O)N2CCCCC2)cc1. The van der Waals surface area contributed by atoms with Crippen LogP contribution in [0.4, 0.5) is 0 Å². The zero-order chi connectivity index (χ0) is 20.1. The molecule has 1 heterocycles. The van der Waals surface area contributed by atoms with Gasteiger partial charge in [-0.05, 0) is 51.3 Å². The minimum absolute atomic E-state index is 0.0210. The molecule has 2 rings (SSSR count). The number of hydrogen-bond acceptors (Lipinski definition) is 5. The number of esters is 1. The lowest BCUT2D eigenvalue weighted by Crippen LogP contribution is -2.42. The average Bonchev–Trinajstić information content (AvgIpc) is 2.60. The molecular weight excluding hydrogens is 368 g/mol. The molecule has 0 bridgehead atoms. The van der Waals surface area contributed by atoms with E-state index in [-0.39, 0.29) is 29.4 Å². The van der Waals surface area contributed by atoms with Crippen molar-refractivity contribution in [3.63, 3.8) is 0 Å². The molecule has 1 aliphatic heterocycles. The van der Waals surface area contributed by atoms with Crippen LogP contribution in [0.5, 0.6) is 0 Å². The van der Waals surface area contributed by atoms with Crippen molar-refractivity contribution in [1.29, 1.82) is 0 Å². The summed E-state index contributed by atoms with van der Waals surface area (Å²) in [5.74, 6) is -0.899. The lowest BCUT2D eigenvalue weighted by Gasteiger charge is -2.25. The average molecular weight is 397 g/mol. The van der Waals surface area contributed by atoms with Gasteiger partial charge in [0.25, 0.3) is 5.91 Å². The van der Waals surface area contributed by atoms with Crippen LogP contribution < -0.4 is 5.32 Å². The van der Waals surface area contributed by atoms with E-state index in [0.717, 1.165) is 19.3 Å². The van der Waals surface area contributed by atoms with Gasteiger partial charge < -0.3 is 10.1 Å². The third-order valence-corrected chi connectivity index (χ3v) is 6.02. The summed E-state index contributed by atoms with van der Waals surface area (Å²) >= 11 is 0. The molecule has 1 amide bonds. The lowest BCUT2D eigenvalue weighted by atomic mass is 10.1. The van der Waals surface area contributed by atoms with Gasteiger partial charge in [0.05, 0.1) is 11.3 Å². The number of benzene rings is 1. The van der Waals surface area contributed by atoms with E-state index in [4.69, 9.17) is 4.74 Å². The van der Waals surface area contributed by atoms with Crippen LogP contribution in [0.2, 0.25) is 0 Å². The minimum Gasteiger partial charge on any atom is -0.455 e. The Balaban J connectivity index is 1.89. The van der Waals surface area contributed by atoms with E-state index in [1.165, 1.54) is 16.4 Å². The standard InChI is InChI=1S/C19H28N2O5S/c1-19(2,3)20-17(22)14-26-18(23)13-15-7-9-16(10-8-15)27(24,25)21-11-5-4-6-12-21/h7-10H,4-6,11-14H2,1-3H3,(H,20,22). The predicted octanol–water partition coefficient (Wildman–Crippen LogP) is 1.86. The maximum atomic E-state index is 12.6. The third kappa shape index (κ3) is 6.62. The first-order valence-electron chi connectivity index (χ1n) is 9.14. The highest BCUT2D eigenvalue weighted by Crippen LogP contribution is 2.21. The van der Waals surface area contributed by atoms with Gasteiger partial charge in [0, 0.05) is 18.6 Å². The molecule has 0 spiro atoms. The molecule has 1 aromatic rings. The molecule has 0 aliphatic carbocycles. The molecule has 0 atom stereocenters. The van der Waals surface area contributed by atoms with Gasteiger partial charge in [-0.1, -0.05) is 18.6 Å². The van der Waals surface area contributed by atoms with Crippen molar-refractivity contribution in [1.82, 2.24) is 9.62 Å². The second kappa shape index (κ2) is 8.84. The maximum absolute atomic E-state index is 12.6. The minimum atomic E-state index is -3.48. The van der Waals surface area contributed by atoms with Crippen molar-refractivity contribution >= 4 is 21.9 Å². The molecule has 0 unspecified atom stereocenters. The van der Waals surface area contributed by atoms with Crippen LogP contribution in [0.1, 0.15) is 45.6 Å². The largest absolute Gasteiger partial charge is 0.455 e. The molecule has 1 aromatic carbocycles. The smallest absolute Gasteiger partial charge is 0.310 e. The van der Waals surface area contributed by atoms with Crippen molar-refractivity contribution < 1.29 is 22.7 Å². The van der Waals surface area contributed by atoms with E-state index in [9.17, 15) is 18.0 Å². The maximum Gasteiger partial charge on any atom is 0.310 e. The molecule has 1 aliphatic rings. The number of nitrogens with zero attached hydrogens (tertiary/aromatic N) is 1. The highest BCUT2D eigenvalue weighted by atomic mass is 32.2. The first kappa shape index (κ1) is 21.4. The summed E-state index contributed by atoms with van der Waals surface area (Å²) in [7, 11) is -3.48. The van der Waals surface area contributed by atoms with Gasteiger partial charge in [-0.3, -0.25) is 9.59 Å². The third-order valence-electron chi connectivity index (χ3n) is 4.10. The number of ether oxygens (including phenoxy) is 1. The normalized spacial score (nSPS) is 16.0. The van der Waals surface area contributed by atoms with Crippen molar-refractivity contribution in [3.8, 4) is 0 Å². The molecule has 0 radical (unpaired) electrons. The van der Waals surface area contributed by atoms with Gasteiger partial charge in [0.15, 0.2) is 6.61 Å². The first-order chi connectivity index (χ1) is 12.6. The van der Waals surface area contributed by atoms with E-state index in [1.54, 1.807) is 12.1 Å². The quantitative estimate of drug-likeness (QED) is 0.741. The molecular formula is C19H28N2O5S. The van der Waals surface area contributed by atoms with Crippen LogP contribution in [-0.4, -0.2) is 49.8 Å². The summed E-state index contributed by atoms with van der Waals surface area (Å²) in [6, 6.07) is 6.23. The highest BCUT2D eigenvalue weighted by molar-refractivity contribution is 7.89. The Bertz CT molecular complexity index is 760.